The van der Waals surface area contributed by atoms with Crippen LogP contribution in [0.15, 0.2) is 54.7 Å². The number of aromatic nitrogens is 1. The number of pyridine rings is 1. The van der Waals surface area contributed by atoms with Gasteiger partial charge < -0.3 is 9.80 Å². The maximum Gasteiger partial charge on any atom is 0.272 e. The second-order valence-electron chi connectivity index (χ2n) is 8.11. The molecule has 2 aliphatic heterocycles. The third-order valence-electron chi connectivity index (χ3n) is 5.93. The van der Waals surface area contributed by atoms with E-state index in [2.05, 4.69) is 22.0 Å². The average molecular weight is 378 g/mol. The fourth-order valence-electron chi connectivity index (χ4n) is 4.69. The van der Waals surface area contributed by atoms with Gasteiger partial charge in [-0.3, -0.25) is 19.5 Å². The molecule has 2 fully saturated rings. The third-order valence-corrected chi connectivity index (χ3v) is 5.93. The Hall–Kier alpha value is -2.73. The van der Waals surface area contributed by atoms with E-state index >= 15 is 0 Å². The number of rotatable bonds is 4. The van der Waals surface area contributed by atoms with E-state index in [1.807, 2.05) is 29.2 Å². The van der Waals surface area contributed by atoms with Crippen LogP contribution in [0.2, 0.25) is 0 Å². The minimum atomic E-state index is -0.539. The molecule has 0 unspecified atom stereocenters. The molecule has 2 atom stereocenters. The monoisotopic (exact) mass is 378 g/mol. The van der Waals surface area contributed by atoms with Crippen molar-refractivity contribution in [2.75, 3.05) is 40.3 Å². The molecule has 6 heteroatoms. The van der Waals surface area contributed by atoms with Crippen LogP contribution >= 0.6 is 0 Å². The quantitative estimate of drug-likeness (QED) is 0.813. The van der Waals surface area contributed by atoms with Gasteiger partial charge in [-0.25, -0.2) is 0 Å². The Morgan fingerprint density at radius 3 is 2.50 bits per heavy atom. The van der Waals surface area contributed by atoms with Crippen molar-refractivity contribution in [2.24, 2.45) is 11.3 Å². The second-order valence-corrected chi connectivity index (χ2v) is 8.11. The van der Waals surface area contributed by atoms with Crippen molar-refractivity contribution in [1.29, 1.82) is 0 Å². The SMILES string of the molecule is CN(C)C(=O)[C@]12CN(Cc3ccccc3)C[C@H]1CN(C(=O)c1ccccn1)C2. The van der Waals surface area contributed by atoms with Gasteiger partial charge in [0.25, 0.3) is 5.91 Å². The summed E-state index contributed by atoms with van der Waals surface area (Å²) in [6.07, 6.45) is 1.63. The highest BCUT2D eigenvalue weighted by molar-refractivity contribution is 5.94. The first-order valence-corrected chi connectivity index (χ1v) is 9.68. The summed E-state index contributed by atoms with van der Waals surface area (Å²) in [6.45, 7) is 3.37. The van der Waals surface area contributed by atoms with Crippen molar-refractivity contribution < 1.29 is 9.59 Å². The molecule has 0 spiro atoms. The first-order valence-electron chi connectivity index (χ1n) is 9.68. The molecule has 146 valence electrons. The van der Waals surface area contributed by atoms with E-state index in [1.54, 1.807) is 37.3 Å². The predicted molar refractivity (Wildman–Crippen MR) is 106 cm³/mol. The Morgan fingerprint density at radius 2 is 1.82 bits per heavy atom. The van der Waals surface area contributed by atoms with Crippen molar-refractivity contribution in [1.82, 2.24) is 19.7 Å². The number of hydrogen-bond donors (Lipinski definition) is 0. The molecule has 0 radical (unpaired) electrons. The summed E-state index contributed by atoms with van der Waals surface area (Å²) in [5, 5.41) is 0. The van der Waals surface area contributed by atoms with Crippen LogP contribution in [0.4, 0.5) is 0 Å². The van der Waals surface area contributed by atoms with Crippen molar-refractivity contribution in [3.8, 4) is 0 Å². The average Bonchev–Trinajstić information content (AvgIpc) is 3.23. The minimum Gasteiger partial charge on any atom is -0.348 e. The lowest BCUT2D eigenvalue weighted by Crippen LogP contribution is -2.47. The van der Waals surface area contributed by atoms with Gasteiger partial charge in [-0.2, -0.15) is 0 Å². The molecule has 1 aromatic heterocycles. The molecule has 2 saturated heterocycles. The summed E-state index contributed by atoms with van der Waals surface area (Å²) >= 11 is 0. The molecule has 2 aromatic rings. The fraction of sp³-hybridized carbons (Fsp3) is 0.409. The molecule has 6 nitrogen and oxygen atoms in total. The second kappa shape index (κ2) is 7.36. The number of amides is 2. The lowest BCUT2D eigenvalue weighted by molar-refractivity contribution is -0.139. The van der Waals surface area contributed by atoms with Crippen LogP contribution < -0.4 is 0 Å². The standard InChI is InChI=1S/C22H26N4O2/c1-24(2)21(28)22-15-25(12-17-8-4-3-5-9-17)13-18(22)14-26(16-22)20(27)19-10-6-7-11-23-19/h3-11,18H,12-16H2,1-2H3/t18-,22-/m0/s1. The summed E-state index contributed by atoms with van der Waals surface area (Å²) in [6, 6.07) is 15.7. The maximum absolute atomic E-state index is 13.2. The predicted octanol–water partition coefficient (Wildman–Crippen LogP) is 1.74. The van der Waals surface area contributed by atoms with Crippen LogP contribution in [-0.2, 0) is 11.3 Å². The van der Waals surface area contributed by atoms with E-state index in [1.165, 1.54) is 5.56 Å². The van der Waals surface area contributed by atoms with Gasteiger partial charge in [0.05, 0.1) is 5.41 Å². The van der Waals surface area contributed by atoms with E-state index in [-0.39, 0.29) is 17.7 Å². The fourth-order valence-corrected chi connectivity index (χ4v) is 4.69. The van der Waals surface area contributed by atoms with Crippen molar-refractivity contribution in [3.63, 3.8) is 0 Å². The van der Waals surface area contributed by atoms with Gasteiger partial charge in [0.15, 0.2) is 0 Å². The molecule has 0 bridgehead atoms. The largest absolute Gasteiger partial charge is 0.348 e. The van der Waals surface area contributed by atoms with Crippen molar-refractivity contribution >= 4 is 11.8 Å². The summed E-state index contributed by atoms with van der Waals surface area (Å²) in [5.41, 5.74) is 1.15. The van der Waals surface area contributed by atoms with Gasteiger partial charge >= 0.3 is 0 Å². The highest BCUT2D eigenvalue weighted by atomic mass is 16.2. The van der Waals surface area contributed by atoms with Crippen LogP contribution in [0.5, 0.6) is 0 Å². The molecule has 28 heavy (non-hydrogen) atoms. The van der Waals surface area contributed by atoms with E-state index in [0.29, 0.717) is 25.3 Å². The lowest BCUT2D eigenvalue weighted by Gasteiger charge is -2.31. The van der Waals surface area contributed by atoms with E-state index < -0.39 is 5.41 Å². The molecule has 0 N–H and O–H groups in total. The van der Waals surface area contributed by atoms with Gasteiger partial charge in [-0.05, 0) is 17.7 Å². The summed E-state index contributed by atoms with van der Waals surface area (Å²) in [5.74, 6) is 0.165. The molecule has 2 amide bonds. The van der Waals surface area contributed by atoms with Crippen LogP contribution in [-0.4, -0.2) is 71.8 Å². The Kier molecular flexibility index (Phi) is 4.89. The first kappa shape index (κ1) is 18.6. The van der Waals surface area contributed by atoms with Gasteiger partial charge in [-0.1, -0.05) is 36.4 Å². The highest BCUT2D eigenvalue weighted by Crippen LogP contribution is 2.44. The Balaban J connectivity index is 1.55. The zero-order valence-corrected chi connectivity index (χ0v) is 16.4. The van der Waals surface area contributed by atoms with Crippen LogP contribution in [0.1, 0.15) is 16.1 Å². The van der Waals surface area contributed by atoms with Crippen LogP contribution in [0.25, 0.3) is 0 Å². The zero-order chi connectivity index (χ0) is 19.7. The molecule has 3 heterocycles. The van der Waals surface area contributed by atoms with Crippen molar-refractivity contribution in [3.05, 3.63) is 66.0 Å². The van der Waals surface area contributed by atoms with Crippen molar-refractivity contribution in [2.45, 2.75) is 6.54 Å². The summed E-state index contributed by atoms with van der Waals surface area (Å²) in [4.78, 5) is 36.1. The summed E-state index contributed by atoms with van der Waals surface area (Å²) < 4.78 is 0. The first-order chi connectivity index (χ1) is 13.5. The normalized spacial score (nSPS) is 24.2. The molecule has 1 aromatic carbocycles. The Morgan fingerprint density at radius 1 is 1.07 bits per heavy atom. The Labute approximate surface area is 165 Å². The molecular formula is C22H26N4O2. The van der Waals surface area contributed by atoms with Gasteiger partial charge in [0, 0.05) is 58.9 Å². The molecular weight excluding hydrogens is 352 g/mol. The van der Waals surface area contributed by atoms with Gasteiger partial charge in [0.1, 0.15) is 5.69 Å². The van der Waals surface area contributed by atoms with Crippen LogP contribution in [0, 0.1) is 11.3 Å². The highest BCUT2D eigenvalue weighted by Gasteiger charge is 2.58. The number of carbonyl (C=O) groups excluding carboxylic acids is 2. The molecule has 0 saturated carbocycles. The third kappa shape index (κ3) is 3.29. The van der Waals surface area contributed by atoms with E-state index in [0.717, 1.165) is 13.1 Å². The number of likely N-dealkylation sites (tertiary alicyclic amines) is 2. The number of fused-ring (bicyclic) bond motifs is 1. The number of benzene rings is 1. The maximum atomic E-state index is 13.2. The Bertz CT molecular complexity index is 855. The lowest BCUT2D eigenvalue weighted by atomic mass is 9.80. The number of carbonyl (C=O) groups is 2. The smallest absolute Gasteiger partial charge is 0.272 e. The number of hydrogen-bond acceptors (Lipinski definition) is 4. The van der Waals surface area contributed by atoms with E-state index in [9.17, 15) is 9.59 Å². The van der Waals surface area contributed by atoms with E-state index in [4.69, 9.17) is 0 Å². The topological polar surface area (TPSA) is 56.8 Å². The van der Waals surface area contributed by atoms with Gasteiger partial charge in [-0.15, -0.1) is 0 Å². The molecule has 0 aliphatic carbocycles. The van der Waals surface area contributed by atoms with Gasteiger partial charge in [0.2, 0.25) is 5.91 Å². The molecule has 4 rings (SSSR count). The minimum absolute atomic E-state index is 0.0875. The number of nitrogens with zero attached hydrogens (tertiary/aromatic N) is 4. The zero-order valence-electron chi connectivity index (χ0n) is 16.4. The molecule has 2 aliphatic rings. The van der Waals surface area contributed by atoms with Crippen LogP contribution in [0.3, 0.4) is 0 Å². The summed E-state index contributed by atoms with van der Waals surface area (Å²) in [7, 11) is 3.61.